The van der Waals surface area contributed by atoms with Crippen molar-refractivity contribution in [3.05, 3.63) is 35.9 Å². The highest BCUT2D eigenvalue weighted by atomic mass is 35.5. The summed E-state index contributed by atoms with van der Waals surface area (Å²) in [6.45, 7) is 0. The third kappa shape index (κ3) is 3.55. The van der Waals surface area contributed by atoms with Gasteiger partial charge in [0, 0.05) is 6.42 Å². The molecule has 0 heterocycles. The average Bonchev–Trinajstić information content (AvgIpc) is 2.15. The van der Waals surface area contributed by atoms with Gasteiger partial charge in [-0.3, -0.25) is 4.79 Å². The standard InChI is InChI=1S/C10H10ClFO/c11-10(13)7-6-9(12)8-4-2-1-3-5-8/h1-5,9H,6-7H2. The van der Waals surface area contributed by atoms with Gasteiger partial charge in [0.1, 0.15) is 6.17 Å². The molecule has 1 rings (SSSR count). The minimum absolute atomic E-state index is 0.0810. The van der Waals surface area contributed by atoms with Crippen LogP contribution in [0.5, 0.6) is 0 Å². The van der Waals surface area contributed by atoms with Crippen LogP contribution >= 0.6 is 11.6 Å². The fourth-order valence-electron chi connectivity index (χ4n) is 1.07. The predicted octanol–water partition coefficient (Wildman–Crippen LogP) is 3.24. The Labute approximate surface area is 81.5 Å². The Morgan fingerprint density at radius 2 is 2.00 bits per heavy atom. The van der Waals surface area contributed by atoms with Gasteiger partial charge in [0.05, 0.1) is 0 Å². The monoisotopic (exact) mass is 200 g/mol. The van der Waals surface area contributed by atoms with Crippen LogP contribution in [0, 0.1) is 0 Å². The molecule has 0 aliphatic heterocycles. The maximum Gasteiger partial charge on any atom is 0.221 e. The number of carbonyl (C=O) groups is 1. The minimum atomic E-state index is -1.09. The van der Waals surface area contributed by atoms with Crippen LogP contribution in [0.1, 0.15) is 24.6 Å². The maximum atomic E-state index is 13.3. The first-order valence-corrected chi connectivity index (χ1v) is 4.45. The summed E-state index contributed by atoms with van der Waals surface area (Å²) in [6, 6.07) is 8.75. The topological polar surface area (TPSA) is 17.1 Å². The second-order valence-electron chi connectivity index (χ2n) is 2.77. The third-order valence-electron chi connectivity index (χ3n) is 1.76. The molecule has 0 saturated heterocycles. The lowest BCUT2D eigenvalue weighted by Gasteiger charge is -2.05. The normalized spacial score (nSPS) is 12.5. The molecule has 0 amide bonds. The smallest absolute Gasteiger partial charge is 0.221 e. The van der Waals surface area contributed by atoms with Crippen LogP contribution in [0.3, 0.4) is 0 Å². The number of rotatable bonds is 4. The van der Waals surface area contributed by atoms with Gasteiger partial charge < -0.3 is 0 Å². The van der Waals surface area contributed by atoms with Crippen LogP contribution in [-0.2, 0) is 4.79 Å². The van der Waals surface area contributed by atoms with E-state index in [0.717, 1.165) is 0 Å². The van der Waals surface area contributed by atoms with Crippen LogP contribution in [0.15, 0.2) is 30.3 Å². The van der Waals surface area contributed by atoms with E-state index in [2.05, 4.69) is 0 Å². The van der Waals surface area contributed by atoms with E-state index in [0.29, 0.717) is 5.56 Å². The zero-order valence-electron chi connectivity index (χ0n) is 7.04. The van der Waals surface area contributed by atoms with Gasteiger partial charge in [-0.05, 0) is 23.6 Å². The molecular formula is C10H10ClFO. The molecule has 1 atom stereocenters. The Bertz CT molecular complexity index is 274. The van der Waals surface area contributed by atoms with E-state index in [-0.39, 0.29) is 12.8 Å². The number of carbonyl (C=O) groups excluding carboxylic acids is 1. The van der Waals surface area contributed by atoms with Crippen molar-refractivity contribution in [2.24, 2.45) is 0 Å². The number of benzene rings is 1. The molecular weight excluding hydrogens is 191 g/mol. The van der Waals surface area contributed by atoms with Crippen molar-refractivity contribution in [2.75, 3.05) is 0 Å². The van der Waals surface area contributed by atoms with E-state index in [4.69, 9.17) is 11.6 Å². The van der Waals surface area contributed by atoms with E-state index >= 15 is 0 Å². The largest absolute Gasteiger partial charge is 0.281 e. The molecule has 1 aromatic carbocycles. The molecule has 70 valence electrons. The highest BCUT2D eigenvalue weighted by molar-refractivity contribution is 6.63. The van der Waals surface area contributed by atoms with Gasteiger partial charge in [0.25, 0.3) is 0 Å². The van der Waals surface area contributed by atoms with Crippen molar-refractivity contribution in [1.82, 2.24) is 0 Å². The molecule has 3 heteroatoms. The molecule has 0 radical (unpaired) electrons. The number of hydrogen-bond donors (Lipinski definition) is 0. The molecule has 0 bridgehead atoms. The van der Waals surface area contributed by atoms with Crippen LogP contribution in [-0.4, -0.2) is 5.24 Å². The quantitative estimate of drug-likeness (QED) is 0.682. The molecule has 0 saturated carbocycles. The van der Waals surface area contributed by atoms with Gasteiger partial charge in [0.2, 0.25) is 5.24 Å². The van der Waals surface area contributed by atoms with Crippen molar-refractivity contribution in [3.63, 3.8) is 0 Å². The maximum absolute atomic E-state index is 13.3. The van der Waals surface area contributed by atoms with Crippen molar-refractivity contribution in [3.8, 4) is 0 Å². The van der Waals surface area contributed by atoms with Crippen molar-refractivity contribution < 1.29 is 9.18 Å². The molecule has 0 aliphatic rings. The Balaban J connectivity index is 2.49. The first-order valence-electron chi connectivity index (χ1n) is 4.07. The van der Waals surface area contributed by atoms with E-state index in [1.165, 1.54) is 0 Å². The first-order chi connectivity index (χ1) is 6.20. The molecule has 1 aromatic rings. The number of hydrogen-bond acceptors (Lipinski definition) is 1. The summed E-state index contributed by atoms with van der Waals surface area (Å²) in [5.74, 6) is 0. The summed E-state index contributed by atoms with van der Waals surface area (Å²) in [4.78, 5) is 10.4. The van der Waals surface area contributed by atoms with E-state index in [1.807, 2.05) is 6.07 Å². The van der Waals surface area contributed by atoms with Crippen molar-refractivity contribution in [1.29, 1.82) is 0 Å². The van der Waals surface area contributed by atoms with Gasteiger partial charge in [-0.25, -0.2) is 4.39 Å². The van der Waals surface area contributed by atoms with E-state index in [1.54, 1.807) is 24.3 Å². The van der Waals surface area contributed by atoms with Crippen LogP contribution in [0.2, 0.25) is 0 Å². The lowest BCUT2D eigenvalue weighted by atomic mass is 10.1. The van der Waals surface area contributed by atoms with Gasteiger partial charge in [0.15, 0.2) is 0 Å². The Kier molecular flexibility index (Phi) is 3.90. The molecule has 13 heavy (non-hydrogen) atoms. The summed E-state index contributed by atoms with van der Waals surface area (Å²) < 4.78 is 13.3. The highest BCUT2D eigenvalue weighted by Crippen LogP contribution is 2.22. The average molecular weight is 201 g/mol. The summed E-state index contributed by atoms with van der Waals surface area (Å²) in [7, 11) is 0. The molecule has 1 unspecified atom stereocenters. The van der Waals surface area contributed by atoms with Crippen molar-refractivity contribution in [2.45, 2.75) is 19.0 Å². The van der Waals surface area contributed by atoms with Gasteiger partial charge in [-0.2, -0.15) is 0 Å². The summed E-state index contributed by atoms with van der Waals surface area (Å²) >= 11 is 5.10. The summed E-state index contributed by atoms with van der Waals surface area (Å²) in [6.07, 6.45) is -0.854. The SMILES string of the molecule is O=C(Cl)CCC(F)c1ccccc1. The zero-order valence-corrected chi connectivity index (χ0v) is 7.80. The fraction of sp³-hybridized carbons (Fsp3) is 0.300. The van der Waals surface area contributed by atoms with Gasteiger partial charge in [-0.1, -0.05) is 30.3 Å². The minimum Gasteiger partial charge on any atom is -0.281 e. The second-order valence-corrected chi connectivity index (χ2v) is 3.19. The predicted molar refractivity (Wildman–Crippen MR) is 50.4 cm³/mol. The lowest BCUT2D eigenvalue weighted by Crippen LogP contribution is -1.94. The first kappa shape index (κ1) is 10.2. The lowest BCUT2D eigenvalue weighted by molar-refractivity contribution is -0.112. The molecule has 0 aromatic heterocycles. The fourth-order valence-corrected chi connectivity index (χ4v) is 1.18. The molecule has 0 fully saturated rings. The van der Waals surface area contributed by atoms with E-state index in [9.17, 15) is 9.18 Å². The highest BCUT2D eigenvalue weighted by Gasteiger charge is 2.10. The summed E-state index contributed by atoms with van der Waals surface area (Å²) in [5, 5.41) is -0.487. The van der Waals surface area contributed by atoms with E-state index < -0.39 is 11.4 Å². The molecule has 0 aliphatic carbocycles. The molecule has 0 N–H and O–H groups in total. The Hall–Kier alpha value is -0.890. The third-order valence-corrected chi connectivity index (χ3v) is 1.94. The van der Waals surface area contributed by atoms with Gasteiger partial charge >= 0.3 is 0 Å². The molecule has 1 nitrogen and oxygen atoms in total. The van der Waals surface area contributed by atoms with Crippen LogP contribution < -0.4 is 0 Å². The Morgan fingerprint density at radius 3 is 2.54 bits per heavy atom. The number of alkyl halides is 1. The van der Waals surface area contributed by atoms with Gasteiger partial charge in [-0.15, -0.1) is 0 Å². The molecule has 0 spiro atoms. The zero-order chi connectivity index (χ0) is 9.68. The second kappa shape index (κ2) is 4.97. The van der Waals surface area contributed by atoms with Crippen LogP contribution in [0.25, 0.3) is 0 Å². The van der Waals surface area contributed by atoms with Crippen LogP contribution in [0.4, 0.5) is 4.39 Å². The van der Waals surface area contributed by atoms with Crippen molar-refractivity contribution >= 4 is 16.8 Å². The number of halogens is 2. The summed E-state index contributed by atoms with van der Waals surface area (Å²) in [5.41, 5.74) is 0.598. The Morgan fingerprint density at radius 1 is 1.38 bits per heavy atom.